The number of halogens is 1. The Kier molecular flexibility index (Phi) is 4.98. The molecule has 0 bridgehead atoms. The van der Waals surface area contributed by atoms with Crippen molar-refractivity contribution in [2.75, 3.05) is 0 Å². The highest BCUT2D eigenvalue weighted by atomic mass is 19.1. The van der Waals surface area contributed by atoms with E-state index in [1.54, 1.807) is 12.1 Å². The number of benzene rings is 1. The van der Waals surface area contributed by atoms with Gasteiger partial charge < -0.3 is 0 Å². The van der Waals surface area contributed by atoms with Gasteiger partial charge in [0.1, 0.15) is 5.82 Å². The maximum absolute atomic E-state index is 13.0. The zero-order valence-electron chi connectivity index (χ0n) is 11.2. The average molecular weight is 246 g/mol. The van der Waals surface area contributed by atoms with Gasteiger partial charge in [-0.3, -0.25) is 0 Å². The second kappa shape index (κ2) is 6.72. The zero-order chi connectivity index (χ0) is 12.8. The molecule has 0 radical (unpaired) electrons. The molecular weight excluding hydrogens is 223 g/mol. The van der Waals surface area contributed by atoms with Gasteiger partial charge in [-0.25, -0.2) is 4.39 Å². The van der Waals surface area contributed by atoms with E-state index < -0.39 is 0 Å². The van der Waals surface area contributed by atoms with Gasteiger partial charge >= 0.3 is 0 Å². The van der Waals surface area contributed by atoms with Crippen LogP contribution in [0.3, 0.4) is 0 Å². The summed E-state index contributed by atoms with van der Waals surface area (Å²) in [6.07, 6.45) is 12.4. The normalized spacial score (nSPS) is 24.6. The minimum Gasteiger partial charge on any atom is -0.207 e. The largest absolute Gasteiger partial charge is 0.207 e. The molecule has 0 amide bonds. The van der Waals surface area contributed by atoms with Gasteiger partial charge in [0.25, 0.3) is 0 Å². The van der Waals surface area contributed by atoms with E-state index in [2.05, 4.69) is 19.1 Å². The summed E-state index contributed by atoms with van der Waals surface area (Å²) in [7, 11) is 0. The van der Waals surface area contributed by atoms with Crippen LogP contribution in [0.5, 0.6) is 0 Å². The molecule has 1 heteroatoms. The fourth-order valence-electron chi connectivity index (χ4n) is 2.94. The average Bonchev–Trinajstić information content (AvgIpc) is 2.38. The molecule has 98 valence electrons. The van der Waals surface area contributed by atoms with Crippen LogP contribution < -0.4 is 0 Å². The number of allylic oxidation sites excluding steroid dienone is 1. The highest BCUT2D eigenvalue weighted by molar-refractivity contribution is 5.49. The van der Waals surface area contributed by atoms with E-state index in [-0.39, 0.29) is 5.82 Å². The van der Waals surface area contributed by atoms with Crippen LogP contribution in [0.4, 0.5) is 4.39 Å². The monoisotopic (exact) mass is 246 g/mol. The molecule has 1 aromatic carbocycles. The molecule has 1 saturated carbocycles. The summed E-state index contributed by atoms with van der Waals surface area (Å²) in [4.78, 5) is 0. The molecule has 1 aromatic rings. The van der Waals surface area contributed by atoms with Gasteiger partial charge in [-0.15, -0.1) is 0 Å². The lowest BCUT2D eigenvalue weighted by molar-refractivity contribution is 0.295. The Hall–Kier alpha value is -1.11. The first-order valence-corrected chi connectivity index (χ1v) is 7.21. The zero-order valence-corrected chi connectivity index (χ0v) is 11.2. The minimum atomic E-state index is -0.149. The van der Waals surface area contributed by atoms with Crippen LogP contribution in [0.25, 0.3) is 6.08 Å². The molecule has 1 aliphatic carbocycles. The van der Waals surface area contributed by atoms with Crippen molar-refractivity contribution in [2.24, 2.45) is 11.8 Å². The van der Waals surface area contributed by atoms with E-state index in [1.807, 2.05) is 6.07 Å². The second-order valence-corrected chi connectivity index (χ2v) is 5.48. The predicted octanol–water partition coefficient (Wildman–Crippen LogP) is 5.45. The van der Waals surface area contributed by atoms with Crippen molar-refractivity contribution in [1.82, 2.24) is 0 Å². The molecule has 18 heavy (non-hydrogen) atoms. The lowest BCUT2D eigenvalue weighted by Crippen LogP contribution is -2.12. The standard InChI is InChI=1S/C17H23F/c1-2-4-14-7-9-15(10-8-14)11-12-16-5-3-6-17(18)13-16/h3,5-6,11-15H,2,4,7-10H2,1H3/b12-11+. The lowest BCUT2D eigenvalue weighted by atomic mass is 9.80. The van der Waals surface area contributed by atoms with Crippen molar-refractivity contribution in [3.05, 3.63) is 41.7 Å². The third kappa shape index (κ3) is 3.97. The molecular formula is C17H23F. The third-order valence-corrected chi connectivity index (χ3v) is 4.00. The Morgan fingerprint density at radius 1 is 1.22 bits per heavy atom. The Morgan fingerprint density at radius 2 is 2.00 bits per heavy atom. The van der Waals surface area contributed by atoms with Crippen molar-refractivity contribution < 1.29 is 4.39 Å². The summed E-state index contributed by atoms with van der Waals surface area (Å²) in [6.45, 7) is 2.27. The van der Waals surface area contributed by atoms with Crippen LogP contribution in [0.15, 0.2) is 30.3 Å². The lowest BCUT2D eigenvalue weighted by Gasteiger charge is -2.26. The van der Waals surface area contributed by atoms with Crippen molar-refractivity contribution in [3.63, 3.8) is 0 Å². The molecule has 0 spiro atoms. The van der Waals surface area contributed by atoms with E-state index in [0.717, 1.165) is 11.5 Å². The van der Waals surface area contributed by atoms with Gasteiger partial charge in [0.05, 0.1) is 0 Å². The van der Waals surface area contributed by atoms with Crippen LogP contribution in [0, 0.1) is 17.7 Å². The molecule has 0 aromatic heterocycles. The summed E-state index contributed by atoms with van der Waals surface area (Å²) in [5, 5.41) is 0. The topological polar surface area (TPSA) is 0 Å². The summed E-state index contributed by atoms with van der Waals surface area (Å²) in [5.41, 5.74) is 0.977. The molecule has 0 unspecified atom stereocenters. The smallest absolute Gasteiger partial charge is 0.123 e. The molecule has 0 saturated heterocycles. The molecule has 0 heterocycles. The summed E-state index contributed by atoms with van der Waals surface area (Å²) in [5.74, 6) is 1.50. The number of rotatable bonds is 4. The molecule has 0 aliphatic heterocycles. The van der Waals surface area contributed by atoms with Gasteiger partial charge in [-0.1, -0.05) is 44.1 Å². The minimum absolute atomic E-state index is 0.149. The Labute approximate surface area is 110 Å². The fourth-order valence-corrected chi connectivity index (χ4v) is 2.94. The summed E-state index contributed by atoms with van der Waals surface area (Å²) >= 11 is 0. The van der Waals surface area contributed by atoms with Crippen molar-refractivity contribution in [2.45, 2.75) is 45.4 Å². The van der Waals surface area contributed by atoms with E-state index in [9.17, 15) is 4.39 Å². The van der Waals surface area contributed by atoms with E-state index in [0.29, 0.717) is 5.92 Å². The second-order valence-electron chi connectivity index (χ2n) is 5.48. The first-order chi connectivity index (χ1) is 8.78. The van der Waals surface area contributed by atoms with Crippen molar-refractivity contribution in [1.29, 1.82) is 0 Å². The van der Waals surface area contributed by atoms with Crippen LogP contribution in [0.2, 0.25) is 0 Å². The first-order valence-electron chi connectivity index (χ1n) is 7.21. The van der Waals surface area contributed by atoms with Gasteiger partial charge in [-0.05, 0) is 55.2 Å². The van der Waals surface area contributed by atoms with Crippen molar-refractivity contribution >= 4 is 6.08 Å². The Morgan fingerprint density at radius 3 is 2.67 bits per heavy atom. The van der Waals surface area contributed by atoms with E-state index in [1.165, 1.54) is 44.6 Å². The molecule has 1 fully saturated rings. The van der Waals surface area contributed by atoms with Crippen LogP contribution in [0.1, 0.15) is 51.0 Å². The molecule has 0 atom stereocenters. The fraction of sp³-hybridized carbons (Fsp3) is 0.529. The quantitative estimate of drug-likeness (QED) is 0.663. The maximum atomic E-state index is 13.0. The molecule has 1 aliphatic rings. The Bertz CT molecular complexity index is 386. The molecule has 2 rings (SSSR count). The summed E-state index contributed by atoms with van der Waals surface area (Å²) < 4.78 is 13.0. The van der Waals surface area contributed by atoms with E-state index >= 15 is 0 Å². The molecule has 0 N–H and O–H groups in total. The Balaban J connectivity index is 1.84. The van der Waals surface area contributed by atoms with Gasteiger partial charge in [0, 0.05) is 0 Å². The van der Waals surface area contributed by atoms with Gasteiger partial charge in [0.2, 0.25) is 0 Å². The highest BCUT2D eigenvalue weighted by Gasteiger charge is 2.18. The van der Waals surface area contributed by atoms with Crippen LogP contribution in [-0.4, -0.2) is 0 Å². The maximum Gasteiger partial charge on any atom is 0.123 e. The molecule has 0 nitrogen and oxygen atoms in total. The van der Waals surface area contributed by atoms with Gasteiger partial charge in [0.15, 0.2) is 0 Å². The first kappa shape index (κ1) is 13.3. The predicted molar refractivity (Wildman–Crippen MR) is 75.8 cm³/mol. The number of hydrogen-bond donors (Lipinski definition) is 0. The number of hydrogen-bond acceptors (Lipinski definition) is 0. The van der Waals surface area contributed by atoms with Crippen LogP contribution >= 0.6 is 0 Å². The SMILES string of the molecule is CCCC1CCC(/C=C/c2cccc(F)c2)CC1. The summed E-state index contributed by atoms with van der Waals surface area (Å²) in [6, 6.07) is 6.82. The van der Waals surface area contributed by atoms with Crippen molar-refractivity contribution in [3.8, 4) is 0 Å². The van der Waals surface area contributed by atoms with E-state index in [4.69, 9.17) is 0 Å². The van der Waals surface area contributed by atoms with Gasteiger partial charge in [-0.2, -0.15) is 0 Å². The highest BCUT2D eigenvalue weighted by Crippen LogP contribution is 2.32. The van der Waals surface area contributed by atoms with Crippen LogP contribution in [-0.2, 0) is 0 Å². The third-order valence-electron chi connectivity index (χ3n) is 4.00.